The molecule has 6 aliphatic rings. The number of aliphatic hydroxyl groups excluding tert-OH is 6. The van der Waals surface area contributed by atoms with Crippen LogP contribution in [0.15, 0.2) is 78.9 Å². The molecule has 0 aliphatic carbocycles. The fraction of sp³-hybridized carbons (Fsp3) is 0.435. The van der Waals surface area contributed by atoms with Crippen molar-refractivity contribution >= 4 is 76.5 Å². The number of carbonyl (C=O) groups excluding carboxylic acids is 9. The Labute approximate surface area is 599 Å². The molecule has 19 N–H and O–H groups in total. The average Bonchev–Trinajstić information content (AvgIpc) is 0.768. The first-order valence-electron chi connectivity index (χ1n) is 33.1. The normalized spacial score (nSPS) is 24.5. The number of aromatic hydroxyl groups is 3. The van der Waals surface area contributed by atoms with Crippen molar-refractivity contribution in [3.63, 3.8) is 0 Å². The molecule has 0 spiro atoms. The van der Waals surface area contributed by atoms with Crippen LogP contribution in [0.2, 0.25) is 10.0 Å². The molecular weight excluding hydrogens is 1390 g/mol. The Hall–Kier alpha value is -9.61. The molecule has 103 heavy (non-hydrogen) atoms. The van der Waals surface area contributed by atoms with Gasteiger partial charge in [-0.1, -0.05) is 81.4 Å². The third-order valence-electron chi connectivity index (χ3n) is 17.4. The number of imide groups is 1. The van der Waals surface area contributed by atoms with Crippen molar-refractivity contribution < 1.29 is 108 Å². The molecule has 0 radical (unpaired) electrons. The number of carbonyl (C=O) groups is 9. The maximum atomic E-state index is 16.1. The van der Waals surface area contributed by atoms with E-state index in [4.69, 9.17) is 42.1 Å². The van der Waals surface area contributed by atoms with E-state index in [1.165, 1.54) is 25.2 Å². The fourth-order valence-electron chi connectivity index (χ4n) is 12.1. The molecule has 0 saturated carbocycles. The second-order valence-electron chi connectivity index (χ2n) is 25.9. The number of hydrogen-bond donors (Lipinski definition) is 19. The second kappa shape index (κ2) is 33.7. The van der Waals surface area contributed by atoms with Crippen molar-refractivity contribution in [1.82, 2.24) is 53.2 Å². The number of amides is 10. The summed E-state index contributed by atoms with van der Waals surface area (Å²) in [7, 11) is 1.47. The second-order valence-corrected chi connectivity index (χ2v) is 26.7. The molecule has 11 bridgehead atoms. The van der Waals surface area contributed by atoms with E-state index in [2.05, 4.69) is 53.2 Å². The highest BCUT2D eigenvalue weighted by molar-refractivity contribution is 6.32. The highest BCUT2D eigenvalue weighted by Crippen LogP contribution is 2.49. The first kappa shape index (κ1) is 77.5. The molecule has 1 saturated heterocycles. The number of urea groups is 1. The summed E-state index contributed by atoms with van der Waals surface area (Å²) in [6.45, 7) is 7.94. The lowest BCUT2D eigenvalue weighted by Crippen LogP contribution is -2.60. The third-order valence-corrected chi connectivity index (χ3v) is 18.0. The van der Waals surface area contributed by atoms with Crippen LogP contribution in [0.5, 0.6) is 46.0 Å². The van der Waals surface area contributed by atoms with Gasteiger partial charge >= 0.3 is 6.03 Å². The molecule has 14 atom stereocenters. The molecule has 554 valence electrons. The number of phenols is 3. The molecule has 10 amide bonds. The van der Waals surface area contributed by atoms with Crippen molar-refractivity contribution in [3.8, 4) is 57.1 Å². The smallest absolute Gasteiger partial charge is 0.321 e. The monoisotopic (exact) mass is 1470 g/mol. The molecule has 1 fully saturated rings. The van der Waals surface area contributed by atoms with Crippen molar-refractivity contribution in [3.05, 3.63) is 117 Å². The number of nitrogens with one attached hydrogen (secondary N) is 10. The molecular formula is C69H82Cl2N10O22. The third kappa shape index (κ3) is 18.1. The minimum Gasteiger partial charge on any atom is -0.508 e. The van der Waals surface area contributed by atoms with Crippen LogP contribution in [0.1, 0.15) is 131 Å². The number of unbranched alkanes of at least 4 members (excludes halogenated alkanes) is 3. The molecule has 0 aromatic heterocycles. The van der Waals surface area contributed by atoms with E-state index in [9.17, 15) is 65.1 Å². The van der Waals surface area contributed by atoms with Crippen molar-refractivity contribution in [2.24, 2.45) is 5.92 Å². The summed E-state index contributed by atoms with van der Waals surface area (Å²) in [5, 5.41) is 127. The van der Waals surface area contributed by atoms with Crippen molar-refractivity contribution in [1.29, 1.82) is 0 Å². The number of benzene rings is 5. The number of likely N-dealkylation sites (N-methyl/N-ethyl adjacent to an activating group) is 1. The van der Waals surface area contributed by atoms with Gasteiger partial charge in [0.1, 0.15) is 102 Å². The van der Waals surface area contributed by atoms with Gasteiger partial charge in [0.2, 0.25) is 59.3 Å². The van der Waals surface area contributed by atoms with Crippen LogP contribution in [0, 0.1) is 5.92 Å². The van der Waals surface area contributed by atoms with E-state index in [-0.39, 0.29) is 63.2 Å². The van der Waals surface area contributed by atoms with Crippen molar-refractivity contribution in [2.45, 2.75) is 164 Å². The fourth-order valence-corrected chi connectivity index (χ4v) is 12.5. The van der Waals surface area contributed by atoms with E-state index in [1.807, 2.05) is 20.8 Å². The maximum absolute atomic E-state index is 16.1. The van der Waals surface area contributed by atoms with Gasteiger partial charge in [-0.15, -0.1) is 0 Å². The van der Waals surface area contributed by atoms with Crippen LogP contribution in [0.4, 0.5) is 4.79 Å². The number of aliphatic hydroxyl groups is 6. The van der Waals surface area contributed by atoms with Gasteiger partial charge in [-0.2, -0.15) is 0 Å². The Morgan fingerprint density at radius 3 is 1.87 bits per heavy atom. The summed E-state index contributed by atoms with van der Waals surface area (Å²) in [4.78, 5) is 134. The summed E-state index contributed by atoms with van der Waals surface area (Å²) in [5.41, 5.74) is -2.34. The molecule has 34 heteroatoms. The number of phenolic OH excluding ortho intramolecular Hbond substituents is 3. The van der Waals surface area contributed by atoms with Crippen LogP contribution < -0.4 is 67.4 Å². The molecule has 5 aromatic carbocycles. The van der Waals surface area contributed by atoms with Gasteiger partial charge in [-0.05, 0) is 122 Å². The van der Waals surface area contributed by atoms with Gasteiger partial charge in [0, 0.05) is 29.8 Å². The lowest BCUT2D eigenvalue weighted by molar-refractivity contribution is -0.277. The Bertz CT molecular complexity index is 4050. The Morgan fingerprint density at radius 2 is 1.26 bits per heavy atom. The zero-order chi connectivity index (χ0) is 75.0. The highest BCUT2D eigenvalue weighted by atomic mass is 35.5. The van der Waals surface area contributed by atoms with Gasteiger partial charge < -0.3 is 113 Å². The predicted octanol–water partition coefficient (Wildman–Crippen LogP) is 2.23. The van der Waals surface area contributed by atoms with E-state index >= 15 is 24.0 Å². The number of halogens is 2. The summed E-state index contributed by atoms with van der Waals surface area (Å²) in [6.07, 6.45) is -12.1. The zero-order valence-electron chi connectivity index (χ0n) is 56.5. The Balaban J connectivity index is 1.31. The molecule has 6 heterocycles. The van der Waals surface area contributed by atoms with Gasteiger partial charge in [0.05, 0.1) is 29.1 Å². The van der Waals surface area contributed by atoms with E-state index in [0.29, 0.717) is 6.42 Å². The lowest BCUT2D eigenvalue weighted by atomic mass is 9.89. The Morgan fingerprint density at radius 1 is 0.641 bits per heavy atom. The number of ether oxygens (including phenoxy) is 4. The first-order chi connectivity index (χ1) is 48.9. The molecule has 6 aliphatic heterocycles. The summed E-state index contributed by atoms with van der Waals surface area (Å²) in [5.74, 6) is -14.8. The van der Waals surface area contributed by atoms with Crippen LogP contribution in [0.3, 0.4) is 0 Å². The van der Waals surface area contributed by atoms with Gasteiger partial charge in [-0.25, -0.2) is 4.79 Å². The quantitative estimate of drug-likeness (QED) is 0.0593. The van der Waals surface area contributed by atoms with E-state index < -0.39 is 208 Å². The van der Waals surface area contributed by atoms with Crippen LogP contribution >= 0.6 is 23.2 Å². The minimum absolute atomic E-state index is 0.109. The van der Waals surface area contributed by atoms with Crippen LogP contribution in [-0.4, -0.2) is 180 Å². The van der Waals surface area contributed by atoms with E-state index in [0.717, 1.165) is 79.9 Å². The molecule has 5 aromatic rings. The molecule has 3 unspecified atom stereocenters. The number of fused-ring (bicyclic) bond motifs is 15. The van der Waals surface area contributed by atoms with Crippen LogP contribution in [0.25, 0.3) is 11.1 Å². The summed E-state index contributed by atoms with van der Waals surface area (Å²) in [6, 6.07) is -1.60. The highest BCUT2D eigenvalue weighted by Gasteiger charge is 2.47. The van der Waals surface area contributed by atoms with Crippen molar-refractivity contribution in [2.75, 3.05) is 20.2 Å². The number of hydrogen-bond acceptors (Lipinski definition) is 23. The SMILES string of the molecule is CCCCCCNC(=O)NC(=O)CC1NC(=O)C(NC(=O)[C@@H](CC(C)C)NC)[C@H](O)c2ccc(c(Cl)c2)Oc2cc3cc(c2O[C@H]2O[C@H](CO)[C@@H](O)[C@H](O)[C@H]2O)Oc2ccc(cc2Cl)[C@@H](O)[C@@H]2NC(=O)[C@H](NC(=O)C3NC1=O)c1ccc(O)c(c1)-c1c(O)cc(O)cc1[C@H](C(=O)NC(C)C)NC2=O. The first-order valence-corrected chi connectivity index (χ1v) is 33.9. The average molecular weight is 1470 g/mol. The Kier molecular flexibility index (Phi) is 25.3. The maximum Gasteiger partial charge on any atom is 0.321 e. The van der Waals surface area contributed by atoms with Gasteiger partial charge in [-0.3, -0.25) is 43.7 Å². The molecule has 11 rings (SSSR count). The summed E-state index contributed by atoms with van der Waals surface area (Å²) >= 11 is 14.1. The number of rotatable bonds is 17. The minimum atomic E-state index is -2.36. The van der Waals surface area contributed by atoms with E-state index in [1.54, 1.807) is 13.8 Å². The zero-order valence-corrected chi connectivity index (χ0v) is 58.0. The standard InChI is InChI=1S/C69H82Cl2N10O22/c1-7-8-9-10-17-73-69(99)76-48(86)26-40-62(93)77-51-33-22-45(100-43-15-12-31(20-37(43)70)55(87)53(66(97)75-40)80-61(92)39(72-6)18-28(2)3)60(103-68-59(91)58(90)57(89)47(27-82)102-68)46(23-33)101-44-16-13-32(21-38(44)71)56(88)54-67(98)79-52(65(96)74-29(4)5)36-24-34(83)25-42(85)49(36)35-19-30(11-14-41(35)84)50(63(94)81-54)78-64(51)95/h11-16,19-25,28-29,39-40,47,50-59,68,72,82-85,87-91H,7-10,17-18,26-27H2,1-6H3,(H,74,96)(H,75,97)(H,77,93)(H,78,95)(H,79,98)(H,80,92)(H,81,94)(H2,73,76,86,99)/t39-,40?,47-,50-,51?,52-,53?,54+,55-,56-,57-,58+,59-,68-/m1/s1. The topological polar surface area (TPSA) is 493 Å². The lowest BCUT2D eigenvalue weighted by Gasteiger charge is -2.39. The largest absolute Gasteiger partial charge is 0.508 e. The summed E-state index contributed by atoms with van der Waals surface area (Å²) < 4.78 is 25.2. The molecule has 32 nitrogen and oxygen atoms in total. The predicted molar refractivity (Wildman–Crippen MR) is 365 cm³/mol. The van der Waals surface area contributed by atoms with Crippen LogP contribution in [-0.2, 0) is 43.1 Å². The van der Waals surface area contributed by atoms with Gasteiger partial charge in [0.15, 0.2) is 11.5 Å². The van der Waals surface area contributed by atoms with Gasteiger partial charge in [0.25, 0.3) is 0 Å².